The molecule has 2 aromatic rings. The smallest absolute Gasteiger partial charge is 0.227 e. The quantitative estimate of drug-likeness (QED) is 0.930. The maximum absolute atomic E-state index is 14.5. The number of fused-ring (bicyclic) bond motifs is 1. The summed E-state index contributed by atoms with van der Waals surface area (Å²) in [5.41, 5.74) is 7.01. The van der Waals surface area contributed by atoms with Crippen LogP contribution in [0.4, 0.5) is 4.39 Å². The molecular weight excluding hydrogens is 305 g/mol. The highest BCUT2D eigenvalue weighted by Gasteiger charge is 2.35. The summed E-state index contributed by atoms with van der Waals surface area (Å²) in [6.45, 7) is 6.60. The number of nitrogens with zero attached hydrogens (tertiary/aromatic N) is 2. The average Bonchev–Trinajstić information content (AvgIpc) is 3.21. The first-order chi connectivity index (χ1) is 11.2. The lowest BCUT2D eigenvalue weighted by Gasteiger charge is -2.29. The number of amides is 1. The minimum atomic E-state index is -0.520. The van der Waals surface area contributed by atoms with Gasteiger partial charge in [-0.05, 0) is 42.4 Å². The Morgan fingerprint density at radius 2 is 2.08 bits per heavy atom. The second kappa shape index (κ2) is 5.62. The third kappa shape index (κ3) is 2.89. The van der Waals surface area contributed by atoms with Crippen molar-refractivity contribution in [1.82, 2.24) is 4.57 Å². The first kappa shape index (κ1) is 16.5. The molecule has 1 aromatic heterocycles. The maximum atomic E-state index is 14.5. The van der Waals surface area contributed by atoms with Gasteiger partial charge in [-0.2, -0.15) is 5.26 Å². The topological polar surface area (TPSA) is 71.8 Å². The van der Waals surface area contributed by atoms with Crippen molar-refractivity contribution in [3.8, 4) is 6.07 Å². The molecule has 3 rings (SSSR count). The molecule has 1 unspecified atom stereocenters. The van der Waals surface area contributed by atoms with Gasteiger partial charge in [0.15, 0.2) is 0 Å². The van der Waals surface area contributed by atoms with E-state index in [0.29, 0.717) is 16.8 Å². The van der Waals surface area contributed by atoms with Gasteiger partial charge in [-0.15, -0.1) is 0 Å². The number of hydrogen-bond acceptors (Lipinski definition) is 2. The van der Waals surface area contributed by atoms with Gasteiger partial charge in [0.05, 0.1) is 23.1 Å². The number of benzene rings is 1. The van der Waals surface area contributed by atoms with Crippen molar-refractivity contribution in [2.24, 2.45) is 17.1 Å². The van der Waals surface area contributed by atoms with Crippen molar-refractivity contribution < 1.29 is 9.18 Å². The molecule has 5 heteroatoms. The zero-order valence-electron chi connectivity index (χ0n) is 14.3. The second-order valence-corrected chi connectivity index (χ2v) is 7.83. The number of primary amides is 1. The average molecular weight is 327 g/mol. The van der Waals surface area contributed by atoms with Crippen LogP contribution in [0.1, 0.15) is 50.8 Å². The van der Waals surface area contributed by atoms with Crippen molar-refractivity contribution in [1.29, 1.82) is 5.26 Å². The molecule has 4 nitrogen and oxygen atoms in total. The molecule has 126 valence electrons. The fourth-order valence-electron chi connectivity index (χ4n) is 3.42. The van der Waals surface area contributed by atoms with Gasteiger partial charge >= 0.3 is 0 Å². The Hall–Kier alpha value is -2.35. The minimum absolute atomic E-state index is 0.285. The molecule has 0 aliphatic heterocycles. The highest BCUT2D eigenvalue weighted by atomic mass is 19.1. The SMILES string of the molecule is CC(C)(C)C(C(N)=O)c1cc2c(F)cc(C#N)cc2n1CC1CC1. The van der Waals surface area contributed by atoms with Crippen molar-refractivity contribution >= 4 is 16.8 Å². The third-order valence-corrected chi connectivity index (χ3v) is 4.72. The first-order valence-electron chi connectivity index (χ1n) is 8.24. The van der Waals surface area contributed by atoms with E-state index in [4.69, 9.17) is 11.0 Å². The van der Waals surface area contributed by atoms with E-state index in [-0.39, 0.29) is 11.0 Å². The summed E-state index contributed by atoms with van der Waals surface area (Å²) in [5, 5.41) is 9.58. The van der Waals surface area contributed by atoms with Gasteiger partial charge in [0.25, 0.3) is 0 Å². The molecule has 0 spiro atoms. The molecule has 24 heavy (non-hydrogen) atoms. The summed E-state index contributed by atoms with van der Waals surface area (Å²) in [7, 11) is 0. The second-order valence-electron chi connectivity index (χ2n) is 7.83. The zero-order chi connectivity index (χ0) is 17.6. The van der Waals surface area contributed by atoms with E-state index in [0.717, 1.165) is 25.1 Å². The Morgan fingerprint density at radius 1 is 1.42 bits per heavy atom. The van der Waals surface area contributed by atoms with E-state index >= 15 is 0 Å². The monoisotopic (exact) mass is 327 g/mol. The molecule has 0 saturated heterocycles. The minimum Gasteiger partial charge on any atom is -0.369 e. The highest BCUT2D eigenvalue weighted by Crippen LogP contribution is 2.40. The van der Waals surface area contributed by atoms with E-state index in [1.807, 2.05) is 31.4 Å². The number of halogens is 1. The summed E-state index contributed by atoms with van der Waals surface area (Å²) >= 11 is 0. The van der Waals surface area contributed by atoms with Gasteiger partial charge in [-0.1, -0.05) is 20.8 Å². The van der Waals surface area contributed by atoms with Crippen LogP contribution in [-0.2, 0) is 11.3 Å². The van der Waals surface area contributed by atoms with Gasteiger partial charge in [0, 0.05) is 17.6 Å². The predicted molar refractivity (Wildman–Crippen MR) is 90.7 cm³/mol. The summed E-state index contributed by atoms with van der Waals surface area (Å²) in [4.78, 5) is 12.1. The Labute approximate surface area is 141 Å². The Bertz CT molecular complexity index is 850. The molecule has 0 bridgehead atoms. The lowest BCUT2D eigenvalue weighted by Crippen LogP contribution is -2.33. The van der Waals surface area contributed by atoms with E-state index < -0.39 is 17.6 Å². The van der Waals surface area contributed by atoms with E-state index in [1.54, 1.807) is 12.1 Å². The van der Waals surface area contributed by atoms with Crippen LogP contribution in [0.2, 0.25) is 0 Å². The molecule has 1 saturated carbocycles. The van der Waals surface area contributed by atoms with Crippen LogP contribution >= 0.6 is 0 Å². The largest absolute Gasteiger partial charge is 0.369 e. The van der Waals surface area contributed by atoms with Crippen LogP contribution < -0.4 is 5.73 Å². The molecule has 0 radical (unpaired) electrons. The standard InChI is InChI=1S/C19H22FN3O/c1-19(2,3)17(18(22)24)16-8-13-14(20)6-12(9-21)7-15(13)23(16)10-11-4-5-11/h6-8,11,17H,4-5,10H2,1-3H3,(H2,22,24). The molecule has 2 N–H and O–H groups in total. The Morgan fingerprint density at radius 3 is 2.58 bits per heavy atom. The molecule has 1 amide bonds. The fourth-order valence-corrected chi connectivity index (χ4v) is 3.42. The van der Waals surface area contributed by atoms with Crippen LogP contribution in [0.3, 0.4) is 0 Å². The molecule has 1 aliphatic carbocycles. The van der Waals surface area contributed by atoms with Gasteiger partial charge in [0.2, 0.25) is 5.91 Å². The molecule has 1 aromatic carbocycles. The number of nitriles is 1. The predicted octanol–water partition coefficient (Wildman–Crippen LogP) is 3.68. The number of carbonyl (C=O) groups is 1. The summed E-state index contributed by atoms with van der Waals surface area (Å²) in [6, 6.07) is 6.67. The van der Waals surface area contributed by atoms with Crippen LogP contribution in [0, 0.1) is 28.5 Å². The normalized spacial score (nSPS) is 16.1. The van der Waals surface area contributed by atoms with Crippen LogP contribution in [0.25, 0.3) is 10.9 Å². The summed E-state index contributed by atoms with van der Waals surface area (Å²) < 4.78 is 16.5. The molecule has 1 heterocycles. The van der Waals surface area contributed by atoms with Gasteiger partial charge in [-0.25, -0.2) is 4.39 Å². The lowest BCUT2D eigenvalue weighted by atomic mass is 9.78. The Kier molecular flexibility index (Phi) is 3.87. The fraction of sp³-hybridized carbons (Fsp3) is 0.474. The lowest BCUT2D eigenvalue weighted by molar-refractivity contribution is -0.121. The molecule has 1 fully saturated rings. The highest BCUT2D eigenvalue weighted by molar-refractivity contribution is 5.88. The van der Waals surface area contributed by atoms with E-state index in [1.165, 1.54) is 6.07 Å². The third-order valence-electron chi connectivity index (χ3n) is 4.72. The molecule has 1 aliphatic rings. The Balaban J connectivity index is 2.28. The van der Waals surface area contributed by atoms with Gasteiger partial charge < -0.3 is 10.3 Å². The van der Waals surface area contributed by atoms with Crippen molar-refractivity contribution in [3.05, 3.63) is 35.3 Å². The summed E-state index contributed by atoms with van der Waals surface area (Å²) in [5.74, 6) is -0.824. The number of nitrogens with two attached hydrogens (primary N) is 1. The van der Waals surface area contributed by atoms with Gasteiger partial charge in [-0.3, -0.25) is 4.79 Å². The van der Waals surface area contributed by atoms with Crippen molar-refractivity contribution in [2.45, 2.75) is 46.1 Å². The number of carbonyl (C=O) groups excluding carboxylic acids is 1. The summed E-state index contributed by atoms with van der Waals surface area (Å²) in [6.07, 6.45) is 2.27. The molecular formula is C19H22FN3O. The number of rotatable bonds is 4. The van der Waals surface area contributed by atoms with Crippen molar-refractivity contribution in [3.63, 3.8) is 0 Å². The van der Waals surface area contributed by atoms with Crippen LogP contribution in [0.5, 0.6) is 0 Å². The number of hydrogen-bond donors (Lipinski definition) is 1. The van der Waals surface area contributed by atoms with Crippen LogP contribution in [0.15, 0.2) is 18.2 Å². The maximum Gasteiger partial charge on any atom is 0.227 e. The van der Waals surface area contributed by atoms with E-state index in [2.05, 4.69) is 0 Å². The number of aromatic nitrogens is 1. The zero-order valence-corrected chi connectivity index (χ0v) is 14.3. The first-order valence-corrected chi connectivity index (χ1v) is 8.24. The molecule has 1 atom stereocenters. The van der Waals surface area contributed by atoms with Crippen molar-refractivity contribution in [2.75, 3.05) is 0 Å². The van der Waals surface area contributed by atoms with Crippen LogP contribution in [-0.4, -0.2) is 10.5 Å². The van der Waals surface area contributed by atoms with E-state index in [9.17, 15) is 9.18 Å². The van der Waals surface area contributed by atoms with Gasteiger partial charge in [0.1, 0.15) is 5.82 Å².